The number of anilines is 1. The normalized spacial score (nSPS) is 19.7. The molecule has 0 spiro atoms. The standard InChI is InChI=1S/C42H60N6O8/c1-42(2,41(50)46-20-17-45-18-21-46)56-39-36(53-5)34(35(52-4)37(54-6)38(39)55-7)47-19-9-12-28(25-47)40(49)48(30-14-15-30)33(26-10-8-11-26)31-16-13-27(22-32(31)51-3)29(23-43)24-44/h13,16,22-24,26,28,30,33,43,45H,8-12,14-15,17-21,25,44H2,1-7H3/b29-24+,43-23?/t28-,33?/m1/s1. The van der Waals surface area contributed by atoms with Crippen LogP contribution in [0.15, 0.2) is 24.4 Å². The van der Waals surface area contributed by atoms with Crippen LogP contribution in [0.5, 0.6) is 34.5 Å². The second-order valence-electron chi connectivity index (χ2n) is 15.6. The molecule has 4 aliphatic rings. The smallest absolute Gasteiger partial charge is 0.266 e. The quantitative estimate of drug-likeness (QED) is 0.197. The van der Waals surface area contributed by atoms with Crippen LogP contribution in [-0.4, -0.2) is 114 Å². The first-order valence-electron chi connectivity index (χ1n) is 19.8. The van der Waals surface area contributed by atoms with E-state index in [1.54, 1.807) is 40.1 Å². The van der Waals surface area contributed by atoms with Crippen LogP contribution in [-0.2, 0) is 9.59 Å². The Hall–Kier alpha value is -4.85. The van der Waals surface area contributed by atoms with Crippen LogP contribution in [0.1, 0.15) is 76.0 Å². The zero-order chi connectivity index (χ0) is 40.1. The lowest BCUT2D eigenvalue weighted by Gasteiger charge is -2.45. The third-order valence-electron chi connectivity index (χ3n) is 11.7. The topological polar surface area (TPSA) is 161 Å². The Kier molecular flexibility index (Phi) is 12.8. The van der Waals surface area contributed by atoms with Gasteiger partial charge in [-0.2, -0.15) is 0 Å². The molecule has 2 saturated heterocycles. The van der Waals surface area contributed by atoms with Gasteiger partial charge >= 0.3 is 0 Å². The second kappa shape index (κ2) is 17.5. The predicted octanol–water partition coefficient (Wildman–Crippen LogP) is 5.02. The van der Waals surface area contributed by atoms with Crippen molar-refractivity contribution in [3.05, 3.63) is 35.5 Å². The number of piperazine rings is 1. The van der Waals surface area contributed by atoms with E-state index in [1.807, 2.05) is 12.1 Å². The summed E-state index contributed by atoms with van der Waals surface area (Å²) in [6, 6.07) is 5.95. The van der Waals surface area contributed by atoms with Gasteiger partial charge in [0.2, 0.25) is 23.2 Å². The van der Waals surface area contributed by atoms with Crippen molar-refractivity contribution in [3.63, 3.8) is 0 Å². The summed E-state index contributed by atoms with van der Waals surface area (Å²) in [4.78, 5) is 35.1. The molecule has 0 bridgehead atoms. The summed E-state index contributed by atoms with van der Waals surface area (Å²) in [5, 5.41) is 11.1. The lowest BCUT2D eigenvalue weighted by Crippen LogP contribution is -2.54. The van der Waals surface area contributed by atoms with Crippen molar-refractivity contribution < 1.29 is 38.0 Å². The first-order chi connectivity index (χ1) is 27.1. The maximum absolute atomic E-state index is 15.1. The summed E-state index contributed by atoms with van der Waals surface area (Å²) in [6.45, 7) is 7.11. The van der Waals surface area contributed by atoms with Gasteiger partial charge in [-0.3, -0.25) is 9.59 Å². The van der Waals surface area contributed by atoms with E-state index < -0.39 is 5.60 Å². The molecule has 0 radical (unpaired) electrons. The van der Waals surface area contributed by atoms with Gasteiger partial charge in [0, 0.05) is 68.9 Å². The molecular formula is C42H60N6O8. The average molecular weight is 777 g/mol. The van der Waals surface area contributed by atoms with Gasteiger partial charge in [-0.25, -0.2) is 0 Å². The minimum atomic E-state index is -1.28. The summed E-state index contributed by atoms with van der Waals surface area (Å²) in [5.41, 5.74) is 7.50. The number of piperidine rings is 1. The van der Waals surface area contributed by atoms with Crippen LogP contribution in [0.4, 0.5) is 5.69 Å². The minimum Gasteiger partial charge on any atom is -0.496 e. The summed E-state index contributed by atoms with van der Waals surface area (Å²) in [6.07, 6.45) is 9.25. The van der Waals surface area contributed by atoms with E-state index in [-0.39, 0.29) is 41.3 Å². The van der Waals surface area contributed by atoms with E-state index >= 15 is 4.79 Å². The number of carbonyl (C=O) groups is 2. The SMILES string of the molecule is COc1cc(/C(C=N)=C/N)ccc1C(C1CCC1)N(C(=O)[C@@H]1CCCN(c2c(OC)c(OC)c(OC)c(OC(C)(C)C(=O)N3CCNCC3)c2OC)C1)C1CC1. The number of benzene rings is 2. The lowest BCUT2D eigenvalue weighted by atomic mass is 9.75. The van der Waals surface area contributed by atoms with Crippen molar-refractivity contribution in [2.24, 2.45) is 17.6 Å². The third-order valence-corrected chi connectivity index (χ3v) is 11.7. The number of nitrogens with zero attached hydrogens (tertiary/aromatic N) is 3. The van der Waals surface area contributed by atoms with E-state index in [4.69, 9.17) is 39.6 Å². The summed E-state index contributed by atoms with van der Waals surface area (Å²) >= 11 is 0. The Morgan fingerprint density at radius 3 is 2.07 bits per heavy atom. The molecule has 2 aliphatic heterocycles. The number of allylic oxidation sites excluding steroid dienone is 1. The Morgan fingerprint density at radius 1 is 0.875 bits per heavy atom. The Balaban J connectivity index is 1.37. The van der Waals surface area contributed by atoms with Crippen LogP contribution >= 0.6 is 0 Å². The van der Waals surface area contributed by atoms with Gasteiger partial charge in [0.25, 0.3) is 5.91 Å². The number of nitrogens with two attached hydrogens (primary N) is 1. The van der Waals surface area contributed by atoms with Gasteiger partial charge in [0.15, 0.2) is 17.1 Å². The van der Waals surface area contributed by atoms with E-state index in [2.05, 4.69) is 21.2 Å². The van der Waals surface area contributed by atoms with Crippen molar-refractivity contribution >= 4 is 29.3 Å². The van der Waals surface area contributed by atoms with Crippen LogP contribution in [0.3, 0.4) is 0 Å². The predicted molar refractivity (Wildman–Crippen MR) is 216 cm³/mol. The lowest BCUT2D eigenvalue weighted by molar-refractivity contribution is -0.146. The third kappa shape index (κ3) is 7.89. The molecule has 0 aromatic heterocycles. The van der Waals surface area contributed by atoms with Crippen molar-refractivity contribution in [1.29, 1.82) is 5.41 Å². The molecule has 2 amide bonds. The number of carbonyl (C=O) groups excluding carboxylic acids is 2. The Bertz CT molecular complexity index is 1780. The average Bonchev–Trinajstić information content (AvgIpc) is 4.05. The fourth-order valence-electron chi connectivity index (χ4n) is 8.54. The number of hydrogen-bond acceptors (Lipinski definition) is 12. The molecular weight excluding hydrogens is 716 g/mol. The van der Waals surface area contributed by atoms with E-state index in [9.17, 15) is 4.79 Å². The molecule has 56 heavy (non-hydrogen) atoms. The van der Waals surface area contributed by atoms with Gasteiger partial charge in [-0.1, -0.05) is 18.6 Å². The van der Waals surface area contributed by atoms with Crippen molar-refractivity contribution in [2.45, 2.75) is 76.5 Å². The van der Waals surface area contributed by atoms with Gasteiger partial charge in [-0.05, 0) is 69.9 Å². The van der Waals surface area contributed by atoms with Gasteiger partial charge in [-0.15, -0.1) is 0 Å². The molecule has 14 heteroatoms. The van der Waals surface area contributed by atoms with Crippen LogP contribution in [0, 0.1) is 17.2 Å². The molecule has 2 aromatic rings. The first kappa shape index (κ1) is 40.8. The fraction of sp³-hybridized carbons (Fsp3) is 0.595. The van der Waals surface area contributed by atoms with Crippen LogP contribution in [0.25, 0.3) is 5.57 Å². The highest BCUT2D eigenvalue weighted by atomic mass is 16.6. The van der Waals surface area contributed by atoms with Crippen molar-refractivity contribution in [1.82, 2.24) is 15.1 Å². The molecule has 4 N–H and O–H groups in total. The van der Waals surface area contributed by atoms with Gasteiger partial charge < -0.3 is 59.6 Å². The highest BCUT2D eigenvalue weighted by molar-refractivity contribution is 6.08. The van der Waals surface area contributed by atoms with Crippen molar-refractivity contribution in [3.8, 4) is 34.5 Å². The van der Waals surface area contributed by atoms with E-state index in [0.29, 0.717) is 79.4 Å². The molecule has 6 rings (SSSR count). The number of rotatable bonds is 16. The summed E-state index contributed by atoms with van der Waals surface area (Å²) in [7, 11) is 7.82. The number of hydrogen-bond donors (Lipinski definition) is 3. The molecule has 306 valence electrons. The molecule has 2 atom stereocenters. The maximum atomic E-state index is 15.1. The molecule has 1 unspecified atom stereocenters. The van der Waals surface area contributed by atoms with Crippen molar-refractivity contribution in [2.75, 3.05) is 79.7 Å². The molecule has 14 nitrogen and oxygen atoms in total. The number of methoxy groups -OCH3 is 5. The first-order valence-corrected chi connectivity index (χ1v) is 19.8. The van der Waals surface area contributed by atoms with E-state index in [1.165, 1.54) is 26.6 Å². The zero-order valence-electron chi connectivity index (χ0n) is 34.1. The second-order valence-corrected chi connectivity index (χ2v) is 15.6. The molecule has 2 heterocycles. The molecule has 2 aliphatic carbocycles. The number of amides is 2. The molecule has 2 saturated carbocycles. The number of ether oxygens (including phenoxy) is 6. The van der Waals surface area contributed by atoms with Crippen LogP contribution in [0.2, 0.25) is 0 Å². The maximum Gasteiger partial charge on any atom is 0.266 e. The highest BCUT2D eigenvalue weighted by Gasteiger charge is 2.47. The monoisotopic (exact) mass is 776 g/mol. The summed E-state index contributed by atoms with van der Waals surface area (Å²) < 4.78 is 36.6. The Labute approximate surface area is 331 Å². The number of nitrogens with one attached hydrogen (secondary N) is 2. The largest absolute Gasteiger partial charge is 0.496 e. The minimum absolute atomic E-state index is 0.125. The van der Waals surface area contributed by atoms with Crippen LogP contribution < -0.4 is 44.4 Å². The zero-order valence-corrected chi connectivity index (χ0v) is 34.1. The molecule has 4 fully saturated rings. The highest BCUT2D eigenvalue weighted by Crippen LogP contribution is 2.59. The van der Waals surface area contributed by atoms with Gasteiger partial charge in [0.05, 0.1) is 47.5 Å². The fourth-order valence-corrected chi connectivity index (χ4v) is 8.54. The van der Waals surface area contributed by atoms with E-state index in [0.717, 1.165) is 56.1 Å². The van der Waals surface area contributed by atoms with Gasteiger partial charge in [0.1, 0.15) is 11.4 Å². The Morgan fingerprint density at radius 2 is 1.52 bits per heavy atom. The summed E-state index contributed by atoms with van der Waals surface area (Å²) in [5.74, 6) is 2.14. The molecule has 2 aromatic carbocycles.